The zero-order valence-electron chi connectivity index (χ0n) is 11.7. The fraction of sp³-hybridized carbons (Fsp3) is 0.250. The minimum absolute atomic E-state index is 0.159. The van der Waals surface area contributed by atoms with Crippen LogP contribution in [-0.2, 0) is 12.8 Å². The van der Waals surface area contributed by atoms with Crippen LogP contribution >= 0.6 is 0 Å². The van der Waals surface area contributed by atoms with Gasteiger partial charge in [-0.2, -0.15) is 0 Å². The SMILES string of the molecule is Cc1nc(-c2ccc3c(c2F)CCC3)c2c(N)nccn12. The maximum Gasteiger partial charge on any atom is 0.150 e. The Hall–Kier alpha value is -2.43. The Morgan fingerprint density at radius 3 is 3.00 bits per heavy atom. The van der Waals surface area contributed by atoms with Crippen LogP contribution in [0.4, 0.5) is 10.2 Å². The van der Waals surface area contributed by atoms with Crippen molar-refractivity contribution in [3.8, 4) is 11.3 Å². The zero-order chi connectivity index (χ0) is 14.6. The van der Waals surface area contributed by atoms with Crippen molar-refractivity contribution in [3.05, 3.63) is 47.3 Å². The molecule has 2 aromatic heterocycles. The number of aromatic nitrogens is 3. The molecule has 0 unspecified atom stereocenters. The van der Waals surface area contributed by atoms with Crippen molar-refractivity contribution < 1.29 is 4.39 Å². The van der Waals surface area contributed by atoms with Crippen LogP contribution in [0.3, 0.4) is 0 Å². The molecule has 106 valence electrons. The first-order chi connectivity index (χ1) is 10.2. The van der Waals surface area contributed by atoms with Gasteiger partial charge in [0.05, 0.1) is 0 Å². The van der Waals surface area contributed by atoms with Crippen LogP contribution < -0.4 is 5.73 Å². The van der Waals surface area contributed by atoms with E-state index >= 15 is 0 Å². The highest BCUT2D eigenvalue weighted by molar-refractivity contribution is 5.85. The van der Waals surface area contributed by atoms with Crippen molar-refractivity contribution in [2.24, 2.45) is 0 Å². The number of nitrogen functional groups attached to an aromatic ring is 1. The third-order valence-electron chi connectivity index (χ3n) is 4.23. The summed E-state index contributed by atoms with van der Waals surface area (Å²) in [6.45, 7) is 1.88. The summed E-state index contributed by atoms with van der Waals surface area (Å²) >= 11 is 0. The monoisotopic (exact) mass is 282 g/mol. The van der Waals surface area contributed by atoms with Crippen LogP contribution in [0.15, 0.2) is 24.5 Å². The number of nitrogens with two attached hydrogens (primary N) is 1. The van der Waals surface area contributed by atoms with E-state index in [0.717, 1.165) is 36.2 Å². The van der Waals surface area contributed by atoms with Gasteiger partial charge in [-0.25, -0.2) is 14.4 Å². The number of benzene rings is 1. The van der Waals surface area contributed by atoms with E-state index in [2.05, 4.69) is 9.97 Å². The second-order valence-corrected chi connectivity index (χ2v) is 5.46. The molecule has 2 heterocycles. The Kier molecular flexibility index (Phi) is 2.51. The maximum atomic E-state index is 14.8. The Labute approximate surface area is 121 Å². The summed E-state index contributed by atoms with van der Waals surface area (Å²) in [5, 5.41) is 0. The number of aryl methyl sites for hydroxylation is 2. The molecule has 3 aromatic rings. The maximum absolute atomic E-state index is 14.8. The molecule has 0 spiro atoms. The number of halogens is 1. The van der Waals surface area contributed by atoms with E-state index < -0.39 is 0 Å². The predicted molar refractivity (Wildman–Crippen MR) is 79.6 cm³/mol. The Balaban J connectivity index is 2.04. The van der Waals surface area contributed by atoms with Gasteiger partial charge in [0.1, 0.15) is 28.7 Å². The summed E-state index contributed by atoms with van der Waals surface area (Å²) in [4.78, 5) is 8.61. The molecule has 4 rings (SSSR count). The van der Waals surface area contributed by atoms with Gasteiger partial charge in [0.2, 0.25) is 0 Å². The van der Waals surface area contributed by atoms with E-state index in [1.165, 1.54) is 0 Å². The molecule has 0 saturated carbocycles. The van der Waals surface area contributed by atoms with Gasteiger partial charge < -0.3 is 5.73 Å². The molecule has 0 fully saturated rings. The van der Waals surface area contributed by atoms with Crippen LogP contribution in [0.5, 0.6) is 0 Å². The number of imidazole rings is 1. The molecule has 0 radical (unpaired) electrons. The lowest BCUT2D eigenvalue weighted by atomic mass is 10.0. The molecule has 21 heavy (non-hydrogen) atoms. The molecule has 0 aliphatic heterocycles. The van der Waals surface area contributed by atoms with Crippen LogP contribution in [0.25, 0.3) is 16.8 Å². The summed E-state index contributed by atoms with van der Waals surface area (Å²) in [5.41, 5.74) is 9.68. The zero-order valence-corrected chi connectivity index (χ0v) is 11.7. The Bertz CT molecular complexity index is 866. The van der Waals surface area contributed by atoms with Crippen molar-refractivity contribution in [2.45, 2.75) is 26.2 Å². The van der Waals surface area contributed by atoms with Crippen LogP contribution in [0, 0.1) is 12.7 Å². The first-order valence-electron chi connectivity index (χ1n) is 7.06. The molecule has 5 heteroatoms. The van der Waals surface area contributed by atoms with Gasteiger partial charge in [-0.1, -0.05) is 6.07 Å². The lowest BCUT2D eigenvalue weighted by Crippen LogP contribution is -1.98. The quantitative estimate of drug-likeness (QED) is 0.746. The number of anilines is 1. The van der Waals surface area contributed by atoms with Crippen molar-refractivity contribution in [2.75, 3.05) is 5.73 Å². The third-order valence-corrected chi connectivity index (χ3v) is 4.23. The highest BCUT2D eigenvalue weighted by Crippen LogP contribution is 2.34. The van der Waals surface area contributed by atoms with E-state index in [4.69, 9.17) is 5.73 Å². The first-order valence-corrected chi connectivity index (χ1v) is 7.06. The number of fused-ring (bicyclic) bond motifs is 2. The summed E-state index contributed by atoms with van der Waals surface area (Å²) in [6.07, 6.45) is 6.19. The normalized spacial score (nSPS) is 13.8. The molecule has 1 aromatic carbocycles. The summed E-state index contributed by atoms with van der Waals surface area (Å²) < 4.78 is 16.7. The van der Waals surface area contributed by atoms with Crippen molar-refractivity contribution in [3.63, 3.8) is 0 Å². The fourth-order valence-electron chi connectivity index (χ4n) is 3.21. The Morgan fingerprint density at radius 2 is 2.14 bits per heavy atom. The average Bonchev–Trinajstić information content (AvgIpc) is 3.06. The molecule has 0 saturated heterocycles. The number of hydrogen-bond donors (Lipinski definition) is 1. The molecule has 1 aliphatic carbocycles. The van der Waals surface area contributed by atoms with Gasteiger partial charge in [-0.05, 0) is 43.4 Å². The third kappa shape index (κ3) is 1.67. The molecule has 0 atom stereocenters. The highest BCUT2D eigenvalue weighted by atomic mass is 19.1. The van der Waals surface area contributed by atoms with Gasteiger partial charge in [-0.3, -0.25) is 4.40 Å². The van der Waals surface area contributed by atoms with Crippen molar-refractivity contribution in [1.29, 1.82) is 0 Å². The molecule has 4 nitrogen and oxygen atoms in total. The lowest BCUT2D eigenvalue weighted by molar-refractivity contribution is 0.616. The largest absolute Gasteiger partial charge is 0.382 e. The summed E-state index contributed by atoms with van der Waals surface area (Å²) in [6, 6.07) is 3.82. The van der Waals surface area contributed by atoms with Crippen LogP contribution in [0.1, 0.15) is 23.4 Å². The molecule has 0 bridgehead atoms. The van der Waals surface area contributed by atoms with Gasteiger partial charge in [0.25, 0.3) is 0 Å². The molecule has 2 N–H and O–H groups in total. The number of nitrogens with zero attached hydrogens (tertiary/aromatic N) is 3. The van der Waals surface area contributed by atoms with E-state index in [9.17, 15) is 4.39 Å². The molecular weight excluding hydrogens is 267 g/mol. The van der Waals surface area contributed by atoms with E-state index in [-0.39, 0.29) is 5.82 Å². The smallest absolute Gasteiger partial charge is 0.150 e. The predicted octanol–water partition coefficient (Wildman–Crippen LogP) is 2.91. The minimum Gasteiger partial charge on any atom is -0.382 e. The summed E-state index contributed by atoms with van der Waals surface area (Å²) in [5.74, 6) is 0.982. The number of rotatable bonds is 1. The standard InChI is InChI=1S/C16H15FN4/c1-9-20-14(15-16(18)19-7-8-21(9)15)12-6-5-10-3-2-4-11(10)13(12)17/h5-8H,2-4H2,1H3,(H2,18,19). The van der Waals surface area contributed by atoms with Gasteiger partial charge >= 0.3 is 0 Å². The highest BCUT2D eigenvalue weighted by Gasteiger charge is 2.22. The topological polar surface area (TPSA) is 56.2 Å². The fourth-order valence-corrected chi connectivity index (χ4v) is 3.21. The summed E-state index contributed by atoms with van der Waals surface area (Å²) in [7, 11) is 0. The second kappa shape index (κ2) is 4.28. The van der Waals surface area contributed by atoms with E-state index in [1.807, 2.05) is 23.5 Å². The molecular formula is C16H15FN4. The van der Waals surface area contributed by atoms with E-state index in [0.29, 0.717) is 22.6 Å². The van der Waals surface area contributed by atoms with Crippen molar-refractivity contribution in [1.82, 2.24) is 14.4 Å². The average molecular weight is 282 g/mol. The van der Waals surface area contributed by atoms with Crippen molar-refractivity contribution >= 4 is 11.3 Å². The van der Waals surface area contributed by atoms with E-state index in [1.54, 1.807) is 12.4 Å². The van der Waals surface area contributed by atoms with Crippen LogP contribution in [-0.4, -0.2) is 14.4 Å². The lowest BCUT2D eigenvalue weighted by Gasteiger charge is -2.07. The second-order valence-electron chi connectivity index (χ2n) is 5.46. The molecule has 1 aliphatic rings. The molecule has 0 amide bonds. The number of hydrogen-bond acceptors (Lipinski definition) is 3. The van der Waals surface area contributed by atoms with Gasteiger partial charge in [0.15, 0.2) is 0 Å². The van der Waals surface area contributed by atoms with Gasteiger partial charge in [-0.15, -0.1) is 0 Å². The minimum atomic E-state index is -0.159. The first kappa shape index (κ1) is 12.3. The van der Waals surface area contributed by atoms with Crippen LogP contribution in [0.2, 0.25) is 0 Å². The Morgan fingerprint density at radius 1 is 1.29 bits per heavy atom. The van der Waals surface area contributed by atoms with Gasteiger partial charge in [0, 0.05) is 18.0 Å².